The molecule has 4 heteroatoms. The van der Waals surface area contributed by atoms with Gasteiger partial charge in [0.15, 0.2) is 0 Å². The Hall–Kier alpha value is -0.160. The van der Waals surface area contributed by atoms with E-state index in [0.717, 1.165) is 8.97 Å². The first kappa shape index (κ1) is 39.8. The van der Waals surface area contributed by atoms with Crippen molar-refractivity contribution in [2.24, 2.45) is 0 Å². The summed E-state index contributed by atoms with van der Waals surface area (Å²) in [4.78, 5) is 0. The van der Waals surface area contributed by atoms with E-state index in [-0.39, 0.29) is 0 Å². The molecule has 0 N–H and O–H groups in total. The Kier molecular flexibility index (Phi) is 22.3. The van der Waals surface area contributed by atoms with Crippen molar-refractivity contribution in [1.82, 2.24) is 0 Å². The summed E-state index contributed by atoms with van der Waals surface area (Å²) in [6.45, 7) is 8.11. The molecule has 0 atom stereocenters. The van der Waals surface area contributed by atoms with Gasteiger partial charge in [0.25, 0.3) is 0 Å². The third-order valence-electron chi connectivity index (χ3n) is 8.96. The molecular weight excluding hydrogens is 488 g/mol. The van der Waals surface area contributed by atoms with Gasteiger partial charge in [-0.25, -0.2) is 0 Å². The van der Waals surface area contributed by atoms with Gasteiger partial charge >= 0.3 is 0 Å². The van der Waals surface area contributed by atoms with Crippen LogP contribution in [0.2, 0.25) is 0 Å². The summed E-state index contributed by atoms with van der Waals surface area (Å²) in [7, 11) is 23.7. The fourth-order valence-electron chi connectivity index (χ4n) is 6.03. The highest BCUT2D eigenvalue weighted by molar-refractivity contribution is 4.50. The van der Waals surface area contributed by atoms with Crippen LogP contribution in [0.3, 0.4) is 0 Å². The molecule has 4 nitrogen and oxygen atoms in total. The molecule has 40 heavy (non-hydrogen) atoms. The molecule has 0 aromatic carbocycles. The fourth-order valence-corrected chi connectivity index (χ4v) is 6.03. The molecule has 0 unspecified atom stereocenters. The van der Waals surface area contributed by atoms with E-state index in [0.29, 0.717) is 0 Å². The summed E-state index contributed by atoms with van der Waals surface area (Å²) in [5.41, 5.74) is 0. The van der Waals surface area contributed by atoms with Gasteiger partial charge in [0.05, 0.1) is 110 Å². The number of hydrogen-bond acceptors (Lipinski definition) is 0. The minimum atomic E-state index is 1.11. The second-order valence-corrected chi connectivity index (χ2v) is 16.9. The lowest BCUT2D eigenvalue weighted by Gasteiger charge is -2.30. The Morgan fingerprint density at radius 2 is 0.350 bits per heavy atom. The van der Waals surface area contributed by atoms with Crippen LogP contribution in [0.15, 0.2) is 0 Å². The zero-order valence-corrected chi connectivity index (χ0v) is 30.2. The van der Waals surface area contributed by atoms with E-state index in [9.17, 15) is 0 Å². The summed E-state index contributed by atoms with van der Waals surface area (Å²) < 4.78 is 4.68. The van der Waals surface area contributed by atoms with Crippen LogP contribution in [0.25, 0.3) is 0 Å². The first-order valence-electron chi connectivity index (χ1n) is 17.9. The molecular formula is C36H82N4+4. The zero-order chi connectivity index (χ0) is 30.4. The Bertz CT molecular complexity index is 506. The van der Waals surface area contributed by atoms with Gasteiger partial charge in [0.1, 0.15) is 0 Å². The quantitative estimate of drug-likeness (QED) is 0.0626. The Morgan fingerprint density at radius 3 is 0.525 bits per heavy atom. The topological polar surface area (TPSA) is 0 Å². The lowest BCUT2D eigenvalue weighted by Crippen LogP contribution is -2.41. The van der Waals surface area contributed by atoms with Crippen LogP contribution >= 0.6 is 0 Å². The second kappa shape index (κ2) is 22.4. The van der Waals surface area contributed by atoms with E-state index in [1.54, 1.807) is 0 Å². The molecule has 0 aromatic heterocycles. The van der Waals surface area contributed by atoms with Crippen LogP contribution in [0, 0.1) is 0 Å². The molecule has 0 radical (unpaired) electrons. The highest BCUT2D eigenvalue weighted by atomic mass is 15.3. The molecule has 0 aliphatic carbocycles. The predicted octanol–water partition coefficient (Wildman–Crippen LogP) is 8.35. The van der Waals surface area contributed by atoms with Crippen molar-refractivity contribution in [3.63, 3.8) is 0 Å². The first-order chi connectivity index (χ1) is 18.6. The average Bonchev–Trinajstić information content (AvgIpc) is 2.82. The molecule has 0 saturated carbocycles. The van der Waals surface area contributed by atoms with Gasteiger partial charge < -0.3 is 17.9 Å². The monoisotopic (exact) mass is 571 g/mol. The maximum absolute atomic E-state index is 2.45. The van der Waals surface area contributed by atoms with Crippen LogP contribution < -0.4 is 0 Å². The number of nitrogens with zero attached hydrogens (tertiary/aromatic N) is 4. The molecule has 0 fully saturated rings. The highest BCUT2D eigenvalue weighted by Gasteiger charge is 2.15. The Balaban J connectivity index is 3.52. The molecule has 0 aromatic rings. The van der Waals surface area contributed by atoms with Gasteiger partial charge in [-0.15, -0.1) is 0 Å². The van der Waals surface area contributed by atoms with E-state index in [4.69, 9.17) is 0 Å². The summed E-state index contributed by atoms with van der Waals surface area (Å²) >= 11 is 0. The van der Waals surface area contributed by atoms with Crippen LogP contribution in [-0.2, 0) is 0 Å². The van der Waals surface area contributed by atoms with Gasteiger partial charge in [0.2, 0.25) is 0 Å². The van der Waals surface area contributed by atoms with Gasteiger partial charge in [-0.3, -0.25) is 0 Å². The van der Waals surface area contributed by atoms with E-state index >= 15 is 0 Å². The molecule has 0 saturated heterocycles. The number of unbranched alkanes of at least 4 members (excludes halogenated alkanes) is 17. The van der Waals surface area contributed by atoms with Crippen molar-refractivity contribution in [3.8, 4) is 0 Å². The second-order valence-electron chi connectivity index (χ2n) is 16.9. The molecule has 0 bridgehead atoms. The minimum Gasteiger partial charge on any atom is -0.331 e. The summed E-state index contributed by atoms with van der Waals surface area (Å²) in [5, 5.41) is 0. The normalized spacial score (nSPS) is 13.3. The van der Waals surface area contributed by atoms with Crippen LogP contribution in [-0.4, -0.2) is 128 Å². The summed E-state index contributed by atoms with van der Waals surface area (Å²) in [5.74, 6) is 0. The van der Waals surface area contributed by atoms with Crippen LogP contribution in [0.5, 0.6) is 0 Å². The predicted molar refractivity (Wildman–Crippen MR) is 182 cm³/mol. The molecule has 0 aliphatic rings. The standard InChI is InChI=1S/C36H82N4/c1-37(2,3)31-25-19-15-17-23-29-35-39(7,8)33-27-21-13-11-12-14-22-28-34-40(9,10)36-30-24-18-16-20-26-32-38(4,5)6/h11-36H2,1-10H3/q+4. The Labute approximate surface area is 255 Å². The summed E-state index contributed by atoms with van der Waals surface area (Å²) in [6, 6.07) is 0. The lowest BCUT2D eigenvalue weighted by molar-refractivity contribution is -0.890. The number of quaternary nitrogens is 4. The smallest absolute Gasteiger partial charge is 0.0782 e. The van der Waals surface area contributed by atoms with Crippen molar-refractivity contribution in [3.05, 3.63) is 0 Å². The summed E-state index contributed by atoms with van der Waals surface area (Å²) in [6.07, 6.45) is 28.6. The van der Waals surface area contributed by atoms with E-state index in [2.05, 4.69) is 70.5 Å². The van der Waals surface area contributed by atoms with E-state index in [1.807, 2.05) is 0 Å². The minimum absolute atomic E-state index is 1.11. The van der Waals surface area contributed by atoms with Gasteiger partial charge in [-0.05, 0) is 77.0 Å². The zero-order valence-electron chi connectivity index (χ0n) is 30.2. The molecule has 0 aliphatic heterocycles. The van der Waals surface area contributed by atoms with Crippen LogP contribution in [0.4, 0.5) is 0 Å². The maximum atomic E-state index is 2.45. The van der Waals surface area contributed by atoms with Crippen molar-refractivity contribution < 1.29 is 17.9 Å². The highest BCUT2D eigenvalue weighted by Crippen LogP contribution is 2.14. The van der Waals surface area contributed by atoms with Crippen molar-refractivity contribution in [2.45, 2.75) is 128 Å². The molecule has 0 amide bonds. The molecule has 0 spiro atoms. The molecule has 0 heterocycles. The van der Waals surface area contributed by atoms with Gasteiger partial charge in [0, 0.05) is 0 Å². The largest absolute Gasteiger partial charge is 0.331 e. The number of hydrogen-bond donors (Lipinski definition) is 0. The molecule has 0 rings (SSSR count). The van der Waals surface area contributed by atoms with Crippen molar-refractivity contribution in [2.75, 3.05) is 110 Å². The van der Waals surface area contributed by atoms with Gasteiger partial charge in [-0.2, -0.15) is 0 Å². The lowest BCUT2D eigenvalue weighted by atomic mass is 10.1. The average molecular weight is 571 g/mol. The van der Waals surface area contributed by atoms with Crippen LogP contribution in [0.1, 0.15) is 128 Å². The first-order valence-corrected chi connectivity index (χ1v) is 17.9. The third-order valence-corrected chi connectivity index (χ3v) is 8.96. The third kappa shape index (κ3) is 30.8. The fraction of sp³-hybridized carbons (Fsp3) is 1.00. The van der Waals surface area contributed by atoms with E-state index in [1.165, 1.54) is 177 Å². The van der Waals surface area contributed by atoms with E-state index < -0.39 is 0 Å². The number of rotatable bonds is 29. The van der Waals surface area contributed by atoms with Crippen molar-refractivity contribution >= 4 is 0 Å². The maximum Gasteiger partial charge on any atom is 0.0782 e. The Morgan fingerprint density at radius 1 is 0.200 bits per heavy atom. The van der Waals surface area contributed by atoms with Crippen molar-refractivity contribution in [1.29, 1.82) is 0 Å². The molecule has 242 valence electrons. The van der Waals surface area contributed by atoms with Gasteiger partial charge in [-0.1, -0.05) is 51.4 Å². The SMILES string of the molecule is C[N+](C)(C)CCCCCCCC[N+](C)(C)CCCCCCCCCC[N+](C)(C)CCCCCCCC[N+](C)(C)C.